The van der Waals surface area contributed by atoms with Gasteiger partial charge in [0.15, 0.2) is 0 Å². The van der Waals surface area contributed by atoms with Gasteiger partial charge in [-0.25, -0.2) is 4.39 Å². The highest BCUT2D eigenvalue weighted by molar-refractivity contribution is 9.10. The Hall–Kier alpha value is -1.27. The van der Waals surface area contributed by atoms with Gasteiger partial charge in [-0.05, 0) is 35.3 Å². The van der Waals surface area contributed by atoms with Crippen molar-refractivity contribution >= 4 is 33.2 Å². The van der Waals surface area contributed by atoms with Gasteiger partial charge in [0.05, 0.1) is 26.6 Å². The predicted octanol–water partition coefficient (Wildman–Crippen LogP) is 4.18. The second-order valence-electron chi connectivity index (χ2n) is 4.47. The molecule has 0 atom stereocenters. The van der Waals surface area contributed by atoms with Crippen LogP contribution in [0.25, 0.3) is 0 Å². The maximum absolute atomic E-state index is 13.5. The molecule has 0 bridgehead atoms. The van der Waals surface area contributed by atoms with Crippen LogP contribution < -0.4 is 10.5 Å². The maximum atomic E-state index is 13.5. The average Bonchev–Trinajstić information content (AvgIpc) is 2.77. The summed E-state index contributed by atoms with van der Waals surface area (Å²) < 4.78 is 21.2. The minimum Gasteiger partial charge on any atom is -0.485 e. The molecule has 1 aromatic heterocycles. The van der Waals surface area contributed by atoms with Gasteiger partial charge in [0.2, 0.25) is 0 Å². The Labute approximate surface area is 136 Å². The van der Waals surface area contributed by atoms with Crippen LogP contribution in [0.15, 0.2) is 16.6 Å². The largest absolute Gasteiger partial charge is 0.485 e. The molecule has 0 aliphatic heterocycles. The molecule has 2 rings (SSSR count). The van der Waals surface area contributed by atoms with E-state index in [2.05, 4.69) is 21.0 Å². The number of ether oxygens (including phenoxy) is 1. The van der Waals surface area contributed by atoms with Crippen molar-refractivity contribution in [3.8, 4) is 5.75 Å². The summed E-state index contributed by atoms with van der Waals surface area (Å²) >= 11 is 9.37. The second-order valence-corrected chi connectivity index (χ2v) is 5.70. The fourth-order valence-electron chi connectivity index (χ4n) is 1.97. The van der Waals surface area contributed by atoms with Crippen molar-refractivity contribution < 1.29 is 9.13 Å². The Balaban J connectivity index is 2.24. The lowest BCUT2D eigenvalue weighted by molar-refractivity contribution is 0.292. The molecule has 0 amide bonds. The number of hydrogen-bond donors (Lipinski definition) is 1. The van der Waals surface area contributed by atoms with Gasteiger partial charge < -0.3 is 10.5 Å². The molecule has 21 heavy (non-hydrogen) atoms. The van der Waals surface area contributed by atoms with E-state index in [0.717, 1.165) is 17.8 Å². The highest BCUT2D eigenvalue weighted by atomic mass is 79.9. The number of aryl methyl sites for hydroxylation is 2. The van der Waals surface area contributed by atoms with E-state index >= 15 is 0 Å². The number of nitrogen functional groups attached to an aromatic ring is 1. The first-order chi connectivity index (χ1) is 9.97. The Kier molecular flexibility index (Phi) is 5.11. The van der Waals surface area contributed by atoms with Crippen molar-refractivity contribution in [2.75, 3.05) is 5.73 Å². The Morgan fingerprint density at radius 3 is 2.76 bits per heavy atom. The Morgan fingerprint density at radius 2 is 2.14 bits per heavy atom. The van der Waals surface area contributed by atoms with E-state index in [1.807, 2.05) is 13.8 Å². The quantitative estimate of drug-likeness (QED) is 0.796. The summed E-state index contributed by atoms with van der Waals surface area (Å²) in [5.74, 6) is -0.141. The minimum atomic E-state index is -0.427. The lowest BCUT2D eigenvalue weighted by Crippen LogP contribution is -2.07. The van der Waals surface area contributed by atoms with Gasteiger partial charge in [0.25, 0.3) is 0 Å². The first kappa shape index (κ1) is 16.1. The lowest BCUT2D eigenvalue weighted by Gasteiger charge is -2.11. The number of benzene rings is 1. The van der Waals surface area contributed by atoms with Crippen LogP contribution in [0.5, 0.6) is 5.75 Å². The van der Waals surface area contributed by atoms with Gasteiger partial charge in [-0.15, -0.1) is 0 Å². The van der Waals surface area contributed by atoms with E-state index in [1.54, 1.807) is 4.68 Å². The van der Waals surface area contributed by atoms with Crippen LogP contribution in [0.1, 0.15) is 25.2 Å². The van der Waals surface area contributed by atoms with Gasteiger partial charge in [-0.2, -0.15) is 5.10 Å². The third-order valence-corrected chi connectivity index (χ3v) is 4.16. The monoisotopic (exact) mass is 375 g/mol. The number of hydrogen-bond acceptors (Lipinski definition) is 3. The van der Waals surface area contributed by atoms with E-state index in [-0.39, 0.29) is 12.4 Å². The number of nitrogens with zero attached hydrogens (tertiary/aromatic N) is 2. The number of rotatable bonds is 5. The number of aromatic nitrogens is 2. The van der Waals surface area contributed by atoms with Gasteiger partial charge in [0, 0.05) is 12.6 Å². The van der Waals surface area contributed by atoms with Gasteiger partial charge in [0.1, 0.15) is 18.2 Å². The fourth-order valence-corrected chi connectivity index (χ4v) is 2.65. The normalized spacial score (nSPS) is 10.9. The molecule has 0 aliphatic carbocycles. The van der Waals surface area contributed by atoms with Crippen LogP contribution in [0.4, 0.5) is 10.1 Å². The molecule has 4 nitrogen and oxygen atoms in total. The third-order valence-electron chi connectivity index (χ3n) is 3.11. The minimum absolute atomic E-state index is 0.185. The molecule has 1 aromatic carbocycles. The van der Waals surface area contributed by atoms with E-state index in [0.29, 0.717) is 21.7 Å². The third kappa shape index (κ3) is 3.32. The maximum Gasteiger partial charge on any atom is 0.145 e. The van der Waals surface area contributed by atoms with Gasteiger partial charge in [-0.1, -0.05) is 18.5 Å². The molecule has 2 N–H and O–H groups in total. The molecule has 0 aliphatic rings. The van der Waals surface area contributed by atoms with Gasteiger partial charge >= 0.3 is 0 Å². The zero-order valence-corrected chi connectivity index (χ0v) is 14.1. The number of halogens is 3. The van der Waals surface area contributed by atoms with E-state index in [4.69, 9.17) is 22.1 Å². The van der Waals surface area contributed by atoms with Crippen molar-refractivity contribution in [3.63, 3.8) is 0 Å². The predicted molar refractivity (Wildman–Crippen MR) is 85.1 cm³/mol. The number of anilines is 1. The SMILES string of the molecule is CCc1nn(CC)c(COc2cc(F)c(Br)cc2N)c1Cl. The second kappa shape index (κ2) is 6.66. The molecule has 0 saturated heterocycles. The Morgan fingerprint density at radius 1 is 1.43 bits per heavy atom. The van der Waals surface area contributed by atoms with Crippen LogP contribution in [0, 0.1) is 5.82 Å². The smallest absolute Gasteiger partial charge is 0.145 e. The molecule has 0 fully saturated rings. The molecule has 1 heterocycles. The lowest BCUT2D eigenvalue weighted by atomic mass is 10.3. The van der Waals surface area contributed by atoms with Crippen LogP contribution in [-0.4, -0.2) is 9.78 Å². The topological polar surface area (TPSA) is 53.1 Å². The molecule has 0 unspecified atom stereocenters. The van der Waals surface area contributed by atoms with E-state index in [9.17, 15) is 4.39 Å². The molecule has 0 saturated carbocycles. The average molecular weight is 377 g/mol. The summed E-state index contributed by atoms with van der Waals surface area (Å²) in [6, 6.07) is 2.72. The highest BCUT2D eigenvalue weighted by Crippen LogP contribution is 2.30. The molecule has 7 heteroatoms. The summed E-state index contributed by atoms with van der Waals surface area (Å²) in [6.45, 7) is 4.83. The molecule has 0 radical (unpaired) electrons. The zero-order chi connectivity index (χ0) is 15.6. The fraction of sp³-hybridized carbons (Fsp3) is 0.357. The number of nitrogens with two attached hydrogens (primary N) is 1. The van der Waals surface area contributed by atoms with Crippen LogP contribution in [0.3, 0.4) is 0 Å². The molecule has 0 spiro atoms. The molecule has 2 aromatic rings. The van der Waals surface area contributed by atoms with E-state index in [1.165, 1.54) is 12.1 Å². The van der Waals surface area contributed by atoms with Crippen molar-refractivity contribution in [2.24, 2.45) is 0 Å². The van der Waals surface area contributed by atoms with Crippen molar-refractivity contribution in [1.82, 2.24) is 9.78 Å². The summed E-state index contributed by atoms with van der Waals surface area (Å²) in [5, 5.41) is 5.00. The van der Waals surface area contributed by atoms with Gasteiger partial charge in [-0.3, -0.25) is 4.68 Å². The molecule has 114 valence electrons. The summed E-state index contributed by atoms with van der Waals surface area (Å²) in [6.07, 6.45) is 0.744. The first-order valence-corrected chi connectivity index (χ1v) is 7.76. The summed E-state index contributed by atoms with van der Waals surface area (Å²) in [4.78, 5) is 0. The van der Waals surface area contributed by atoms with E-state index < -0.39 is 5.82 Å². The standard InChI is InChI=1S/C14H16BrClFN3O/c1-3-11-14(16)12(20(4-2)19-11)7-21-13-6-9(17)8(15)5-10(13)18/h5-6H,3-4,7,18H2,1-2H3. The summed E-state index contributed by atoms with van der Waals surface area (Å²) in [5.41, 5.74) is 7.77. The highest BCUT2D eigenvalue weighted by Gasteiger charge is 2.16. The van der Waals surface area contributed by atoms with Crippen molar-refractivity contribution in [3.05, 3.63) is 38.8 Å². The van der Waals surface area contributed by atoms with Crippen LogP contribution in [-0.2, 0) is 19.6 Å². The first-order valence-electron chi connectivity index (χ1n) is 6.59. The van der Waals surface area contributed by atoms with Crippen LogP contribution >= 0.6 is 27.5 Å². The van der Waals surface area contributed by atoms with Crippen molar-refractivity contribution in [2.45, 2.75) is 33.4 Å². The zero-order valence-electron chi connectivity index (χ0n) is 11.8. The summed E-state index contributed by atoms with van der Waals surface area (Å²) in [7, 11) is 0. The van der Waals surface area contributed by atoms with Crippen LogP contribution in [0.2, 0.25) is 5.02 Å². The molecular formula is C14H16BrClFN3O. The molecular weight excluding hydrogens is 361 g/mol. The Bertz CT molecular complexity index is 660. The van der Waals surface area contributed by atoms with Crippen molar-refractivity contribution in [1.29, 1.82) is 0 Å².